The minimum absolute atomic E-state index is 0.106. The van der Waals surface area contributed by atoms with Gasteiger partial charge in [-0.25, -0.2) is 0 Å². The van der Waals surface area contributed by atoms with E-state index in [1.165, 1.54) is 0 Å². The van der Waals surface area contributed by atoms with Crippen LogP contribution in [-0.4, -0.2) is 34.1 Å². The van der Waals surface area contributed by atoms with Gasteiger partial charge in [-0.3, -0.25) is 4.79 Å². The number of carbonyl (C=O) groups excluding carboxylic acids is 1. The standard InChI is InChI=1S/C8H13NO2/c1-8(2-3-8)9-5-6(10)4-7(9)11/h6,10H,2-5H2,1H3. The lowest BCUT2D eigenvalue weighted by molar-refractivity contribution is -0.130. The lowest BCUT2D eigenvalue weighted by Crippen LogP contribution is -2.36. The lowest BCUT2D eigenvalue weighted by atomic mass is 10.3. The van der Waals surface area contributed by atoms with Crippen molar-refractivity contribution in [2.45, 2.75) is 37.8 Å². The van der Waals surface area contributed by atoms with Gasteiger partial charge in [0, 0.05) is 12.1 Å². The first-order chi connectivity index (χ1) is 5.12. The van der Waals surface area contributed by atoms with E-state index in [2.05, 4.69) is 6.92 Å². The van der Waals surface area contributed by atoms with Crippen molar-refractivity contribution in [1.29, 1.82) is 0 Å². The zero-order chi connectivity index (χ0) is 8.06. The van der Waals surface area contributed by atoms with Gasteiger partial charge in [0.15, 0.2) is 0 Å². The molecule has 2 rings (SSSR count). The van der Waals surface area contributed by atoms with Crippen molar-refractivity contribution in [2.75, 3.05) is 6.54 Å². The molecular formula is C8H13NO2. The molecule has 1 N–H and O–H groups in total. The van der Waals surface area contributed by atoms with Crippen LogP contribution in [0.4, 0.5) is 0 Å². The van der Waals surface area contributed by atoms with Crippen molar-refractivity contribution in [1.82, 2.24) is 4.90 Å². The quantitative estimate of drug-likeness (QED) is 0.584. The minimum atomic E-state index is -0.417. The first-order valence-electron chi connectivity index (χ1n) is 4.10. The Morgan fingerprint density at radius 3 is 2.64 bits per heavy atom. The molecule has 1 aliphatic carbocycles. The summed E-state index contributed by atoms with van der Waals surface area (Å²) in [5, 5.41) is 9.20. The summed E-state index contributed by atoms with van der Waals surface area (Å²) >= 11 is 0. The number of nitrogens with zero attached hydrogens (tertiary/aromatic N) is 1. The largest absolute Gasteiger partial charge is 0.391 e. The molecule has 3 nitrogen and oxygen atoms in total. The molecule has 0 aromatic rings. The Hall–Kier alpha value is -0.570. The highest BCUT2D eigenvalue weighted by Gasteiger charge is 2.48. The van der Waals surface area contributed by atoms with E-state index in [1.807, 2.05) is 4.90 Å². The van der Waals surface area contributed by atoms with Crippen LogP contribution in [0.15, 0.2) is 0 Å². The number of hydrogen-bond acceptors (Lipinski definition) is 2. The third-order valence-corrected chi connectivity index (χ3v) is 2.73. The SMILES string of the molecule is CC1(N2CC(O)CC2=O)CC1. The van der Waals surface area contributed by atoms with Crippen LogP contribution in [0, 0.1) is 0 Å². The van der Waals surface area contributed by atoms with Crippen molar-refractivity contribution in [3.05, 3.63) is 0 Å². The van der Waals surface area contributed by atoms with Crippen LogP contribution in [0.2, 0.25) is 0 Å². The number of rotatable bonds is 1. The average Bonchev–Trinajstić information content (AvgIpc) is 2.55. The monoisotopic (exact) mass is 155 g/mol. The fourth-order valence-electron chi connectivity index (χ4n) is 1.66. The van der Waals surface area contributed by atoms with E-state index in [4.69, 9.17) is 0 Å². The molecule has 1 saturated carbocycles. The summed E-state index contributed by atoms with van der Waals surface area (Å²) in [5.74, 6) is 0.123. The molecule has 1 unspecified atom stereocenters. The zero-order valence-corrected chi connectivity index (χ0v) is 6.71. The molecule has 1 heterocycles. The number of aliphatic hydroxyl groups excluding tert-OH is 1. The molecule has 62 valence electrons. The van der Waals surface area contributed by atoms with Crippen LogP contribution in [0.1, 0.15) is 26.2 Å². The summed E-state index contributed by atoms with van der Waals surface area (Å²) < 4.78 is 0. The number of carbonyl (C=O) groups is 1. The van der Waals surface area contributed by atoms with Crippen LogP contribution >= 0.6 is 0 Å². The summed E-state index contributed by atoms with van der Waals surface area (Å²) in [5.41, 5.74) is 0.106. The Balaban J connectivity index is 2.09. The van der Waals surface area contributed by atoms with Gasteiger partial charge in [-0.2, -0.15) is 0 Å². The van der Waals surface area contributed by atoms with Gasteiger partial charge in [0.25, 0.3) is 0 Å². The Labute approximate surface area is 66.0 Å². The molecule has 0 aromatic heterocycles. The van der Waals surface area contributed by atoms with Crippen molar-refractivity contribution >= 4 is 5.91 Å². The molecule has 11 heavy (non-hydrogen) atoms. The van der Waals surface area contributed by atoms with E-state index < -0.39 is 6.10 Å². The highest BCUT2D eigenvalue weighted by atomic mass is 16.3. The average molecular weight is 155 g/mol. The molecular weight excluding hydrogens is 142 g/mol. The summed E-state index contributed by atoms with van der Waals surface area (Å²) in [6, 6.07) is 0. The maximum absolute atomic E-state index is 11.2. The van der Waals surface area contributed by atoms with Gasteiger partial charge < -0.3 is 10.0 Å². The van der Waals surface area contributed by atoms with Crippen molar-refractivity contribution in [2.24, 2.45) is 0 Å². The Bertz CT molecular complexity index is 198. The van der Waals surface area contributed by atoms with Gasteiger partial charge in [-0.05, 0) is 19.8 Å². The zero-order valence-electron chi connectivity index (χ0n) is 6.71. The van der Waals surface area contributed by atoms with E-state index in [9.17, 15) is 9.90 Å². The second-order valence-electron chi connectivity index (χ2n) is 3.86. The second-order valence-corrected chi connectivity index (χ2v) is 3.86. The Kier molecular flexibility index (Phi) is 1.27. The van der Waals surface area contributed by atoms with Crippen molar-refractivity contribution in [3.8, 4) is 0 Å². The van der Waals surface area contributed by atoms with Crippen LogP contribution in [-0.2, 0) is 4.79 Å². The van der Waals surface area contributed by atoms with Gasteiger partial charge >= 0.3 is 0 Å². The molecule has 0 radical (unpaired) electrons. The number of aliphatic hydroxyl groups is 1. The van der Waals surface area contributed by atoms with Gasteiger partial charge in [0.2, 0.25) is 5.91 Å². The summed E-state index contributed by atoms with van der Waals surface area (Å²) in [4.78, 5) is 13.1. The predicted molar refractivity (Wildman–Crippen MR) is 40.0 cm³/mol. The Morgan fingerprint density at radius 2 is 2.27 bits per heavy atom. The number of hydrogen-bond donors (Lipinski definition) is 1. The minimum Gasteiger partial charge on any atom is -0.391 e. The fourth-order valence-corrected chi connectivity index (χ4v) is 1.66. The first kappa shape index (κ1) is 7.10. The van der Waals surface area contributed by atoms with Gasteiger partial charge in [0.05, 0.1) is 12.5 Å². The second kappa shape index (κ2) is 1.97. The molecule has 2 aliphatic rings. The lowest BCUT2D eigenvalue weighted by Gasteiger charge is -2.23. The normalized spacial score (nSPS) is 34.5. The van der Waals surface area contributed by atoms with E-state index in [-0.39, 0.29) is 11.4 Å². The van der Waals surface area contributed by atoms with Crippen LogP contribution in [0.5, 0.6) is 0 Å². The maximum Gasteiger partial charge on any atom is 0.225 e. The third-order valence-electron chi connectivity index (χ3n) is 2.73. The van der Waals surface area contributed by atoms with Gasteiger partial charge in [0.1, 0.15) is 0 Å². The molecule has 3 heteroatoms. The third kappa shape index (κ3) is 1.03. The topological polar surface area (TPSA) is 40.5 Å². The highest BCUT2D eigenvalue weighted by Crippen LogP contribution is 2.43. The van der Waals surface area contributed by atoms with E-state index in [0.29, 0.717) is 13.0 Å². The molecule has 0 bridgehead atoms. The molecule has 2 fully saturated rings. The summed E-state index contributed by atoms with van der Waals surface area (Å²) in [7, 11) is 0. The highest BCUT2D eigenvalue weighted by molar-refractivity contribution is 5.80. The summed E-state index contributed by atoms with van der Waals surface area (Å²) in [6.45, 7) is 2.64. The van der Waals surface area contributed by atoms with Gasteiger partial charge in [-0.1, -0.05) is 0 Å². The molecule has 0 spiro atoms. The smallest absolute Gasteiger partial charge is 0.225 e. The predicted octanol–water partition coefficient (Wildman–Crippen LogP) is 0.132. The molecule has 1 saturated heterocycles. The van der Waals surface area contributed by atoms with Crippen LogP contribution in [0.25, 0.3) is 0 Å². The van der Waals surface area contributed by atoms with Gasteiger partial charge in [-0.15, -0.1) is 0 Å². The van der Waals surface area contributed by atoms with Crippen molar-refractivity contribution < 1.29 is 9.90 Å². The molecule has 0 aromatic carbocycles. The summed E-state index contributed by atoms with van der Waals surface area (Å²) in [6.07, 6.45) is 2.12. The first-order valence-corrected chi connectivity index (χ1v) is 4.10. The number of β-amino-alcohol motifs (C(OH)–C–C–N with tert-alkyl or cyclic N) is 1. The number of likely N-dealkylation sites (tertiary alicyclic amines) is 1. The van der Waals surface area contributed by atoms with E-state index >= 15 is 0 Å². The van der Waals surface area contributed by atoms with Crippen LogP contribution < -0.4 is 0 Å². The Morgan fingerprint density at radius 1 is 1.64 bits per heavy atom. The number of amides is 1. The molecule has 1 atom stereocenters. The van der Waals surface area contributed by atoms with E-state index in [0.717, 1.165) is 12.8 Å². The molecule has 1 amide bonds. The molecule has 1 aliphatic heterocycles. The maximum atomic E-state index is 11.2. The van der Waals surface area contributed by atoms with Crippen LogP contribution in [0.3, 0.4) is 0 Å². The van der Waals surface area contributed by atoms with E-state index in [1.54, 1.807) is 0 Å². The van der Waals surface area contributed by atoms with Crippen molar-refractivity contribution in [3.63, 3.8) is 0 Å². The fraction of sp³-hybridized carbons (Fsp3) is 0.875.